The Morgan fingerprint density at radius 1 is 1.38 bits per heavy atom. The molecule has 0 saturated heterocycles. The molecule has 108 valence electrons. The van der Waals surface area contributed by atoms with Crippen LogP contribution in [0.15, 0.2) is 41.1 Å². The van der Waals surface area contributed by atoms with Gasteiger partial charge >= 0.3 is 0 Å². The molecule has 0 bridgehead atoms. The maximum absolute atomic E-state index is 12.1. The third-order valence-corrected chi connectivity index (χ3v) is 3.10. The average Bonchev–Trinajstić information content (AvgIpc) is 2.48. The fraction of sp³-hybridized carbons (Fsp3) is 0.0769. The van der Waals surface area contributed by atoms with Crippen LogP contribution in [0.2, 0.25) is 0 Å². The van der Waals surface area contributed by atoms with E-state index in [4.69, 9.17) is 4.74 Å². The van der Waals surface area contributed by atoms with E-state index in [1.54, 1.807) is 12.1 Å². The van der Waals surface area contributed by atoms with E-state index in [2.05, 4.69) is 26.2 Å². The first-order valence-corrected chi connectivity index (χ1v) is 6.56. The van der Waals surface area contributed by atoms with Crippen LogP contribution in [0.1, 0.15) is 10.4 Å². The van der Waals surface area contributed by atoms with Crippen LogP contribution in [-0.2, 0) is 0 Å². The van der Waals surface area contributed by atoms with E-state index in [0.29, 0.717) is 15.9 Å². The third-order valence-electron chi connectivity index (χ3n) is 2.63. The summed E-state index contributed by atoms with van der Waals surface area (Å²) in [7, 11) is 1.37. The van der Waals surface area contributed by atoms with Crippen LogP contribution in [0.4, 0.5) is 11.4 Å². The van der Waals surface area contributed by atoms with Crippen LogP contribution in [0.5, 0.6) is 5.75 Å². The SMILES string of the molecule is COc1cc([N+](=O)[O-])ccc1NC(=O)c1ccc(Br)nc1. The number of carbonyl (C=O) groups excluding carboxylic acids is 1. The molecule has 1 N–H and O–H groups in total. The van der Waals surface area contributed by atoms with E-state index in [0.717, 1.165) is 0 Å². The standard InChI is InChI=1S/C13H10BrN3O4/c1-21-11-6-9(17(19)20)3-4-10(11)16-13(18)8-2-5-12(14)15-7-8/h2-7H,1H3,(H,16,18). The van der Waals surface area contributed by atoms with Gasteiger partial charge in [0.15, 0.2) is 0 Å². The molecule has 0 saturated carbocycles. The van der Waals surface area contributed by atoms with Crippen molar-refractivity contribution in [2.45, 2.75) is 0 Å². The molecule has 0 aliphatic heterocycles. The number of aromatic nitrogens is 1. The second-order valence-corrected chi connectivity index (χ2v) is 4.78. The van der Waals surface area contributed by atoms with Crippen LogP contribution in [-0.4, -0.2) is 22.9 Å². The lowest BCUT2D eigenvalue weighted by Crippen LogP contribution is -2.13. The van der Waals surface area contributed by atoms with Crippen LogP contribution in [0, 0.1) is 10.1 Å². The number of nitro benzene ring substituents is 1. The van der Waals surface area contributed by atoms with Crippen molar-refractivity contribution >= 4 is 33.2 Å². The number of rotatable bonds is 4. The third kappa shape index (κ3) is 3.54. The lowest BCUT2D eigenvalue weighted by molar-refractivity contribution is -0.384. The maximum Gasteiger partial charge on any atom is 0.273 e. The molecule has 0 spiro atoms. The van der Waals surface area contributed by atoms with Gasteiger partial charge in [0, 0.05) is 12.3 Å². The Kier molecular flexibility index (Phi) is 4.49. The number of amides is 1. The summed E-state index contributed by atoms with van der Waals surface area (Å²) < 4.78 is 5.67. The molecule has 1 aromatic carbocycles. The molecule has 21 heavy (non-hydrogen) atoms. The predicted molar refractivity (Wildman–Crippen MR) is 79.5 cm³/mol. The Morgan fingerprint density at radius 3 is 2.71 bits per heavy atom. The summed E-state index contributed by atoms with van der Waals surface area (Å²) in [6, 6.07) is 7.20. The number of nitro groups is 1. The summed E-state index contributed by atoms with van der Waals surface area (Å²) >= 11 is 3.18. The van der Waals surface area contributed by atoms with E-state index in [-0.39, 0.29) is 17.3 Å². The van der Waals surface area contributed by atoms with E-state index >= 15 is 0 Å². The van der Waals surface area contributed by atoms with Gasteiger partial charge in [-0.05, 0) is 34.1 Å². The number of hydrogen-bond donors (Lipinski definition) is 1. The summed E-state index contributed by atoms with van der Waals surface area (Å²) in [4.78, 5) is 26.2. The Morgan fingerprint density at radius 2 is 2.14 bits per heavy atom. The molecule has 2 aromatic rings. The maximum atomic E-state index is 12.1. The predicted octanol–water partition coefficient (Wildman–Crippen LogP) is 3.01. The molecule has 0 unspecified atom stereocenters. The number of pyridine rings is 1. The van der Waals surface area contributed by atoms with Gasteiger partial charge in [-0.2, -0.15) is 0 Å². The number of nitrogens with zero attached hydrogens (tertiary/aromatic N) is 2. The van der Waals surface area contributed by atoms with Gasteiger partial charge in [0.25, 0.3) is 11.6 Å². The molecule has 1 aromatic heterocycles. The van der Waals surface area contributed by atoms with Crippen LogP contribution in [0.3, 0.4) is 0 Å². The second kappa shape index (κ2) is 6.31. The highest BCUT2D eigenvalue weighted by atomic mass is 79.9. The molecule has 1 heterocycles. The number of halogens is 1. The Hall–Kier alpha value is -2.48. The Bertz CT molecular complexity index is 688. The van der Waals surface area contributed by atoms with Crippen molar-refractivity contribution in [1.29, 1.82) is 0 Å². The zero-order valence-corrected chi connectivity index (χ0v) is 12.5. The van der Waals surface area contributed by atoms with E-state index in [1.165, 1.54) is 31.5 Å². The zero-order chi connectivity index (χ0) is 15.4. The van der Waals surface area contributed by atoms with E-state index < -0.39 is 4.92 Å². The zero-order valence-electron chi connectivity index (χ0n) is 10.9. The van der Waals surface area contributed by atoms with Gasteiger partial charge in [-0.3, -0.25) is 14.9 Å². The fourth-order valence-corrected chi connectivity index (χ4v) is 1.84. The molecule has 7 nitrogen and oxygen atoms in total. The highest BCUT2D eigenvalue weighted by molar-refractivity contribution is 9.10. The molecular formula is C13H10BrN3O4. The quantitative estimate of drug-likeness (QED) is 0.519. The number of nitrogens with one attached hydrogen (secondary N) is 1. The molecular weight excluding hydrogens is 342 g/mol. The van der Waals surface area contributed by atoms with Gasteiger partial charge in [0.05, 0.1) is 29.4 Å². The van der Waals surface area contributed by atoms with Gasteiger partial charge in [-0.1, -0.05) is 0 Å². The van der Waals surface area contributed by atoms with Gasteiger partial charge < -0.3 is 10.1 Å². The second-order valence-electron chi connectivity index (χ2n) is 3.97. The minimum absolute atomic E-state index is 0.116. The van der Waals surface area contributed by atoms with Crippen LogP contribution in [0.25, 0.3) is 0 Å². The average molecular weight is 352 g/mol. The van der Waals surface area contributed by atoms with Crippen molar-refractivity contribution in [2.75, 3.05) is 12.4 Å². The molecule has 0 fully saturated rings. The highest BCUT2D eigenvalue weighted by Gasteiger charge is 2.14. The smallest absolute Gasteiger partial charge is 0.273 e. The number of non-ortho nitro benzene ring substituents is 1. The molecule has 0 atom stereocenters. The summed E-state index contributed by atoms with van der Waals surface area (Å²) in [5, 5.41) is 13.3. The molecule has 0 radical (unpaired) electrons. The first-order valence-electron chi connectivity index (χ1n) is 5.76. The van der Waals surface area contributed by atoms with Crippen LogP contribution >= 0.6 is 15.9 Å². The molecule has 0 aliphatic rings. The largest absolute Gasteiger partial charge is 0.494 e. The number of hydrogen-bond acceptors (Lipinski definition) is 5. The summed E-state index contributed by atoms with van der Waals surface area (Å²) in [6.07, 6.45) is 1.41. The van der Waals surface area contributed by atoms with E-state index in [9.17, 15) is 14.9 Å². The van der Waals surface area contributed by atoms with Gasteiger partial charge in [0.1, 0.15) is 10.4 Å². The minimum Gasteiger partial charge on any atom is -0.494 e. The Balaban J connectivity index is 2.24. The van der Waals surface area contributed by atoms with Gasteiger partial charge in [0.2, 0.25) is 0 Å². The van der Waals surface area contributed by atoms with E-state index in [1.807, 2.05) is 0 Å². The van der Waals surface area contributed by atoms with Crippen molar-refractivity contribution < 1.29 is 14.5 Å². The molecule has 8 heteroatoms. The monoisotopic (exact) mass is 351 g/mol. The number of benzene rings is 1. The Labute approximate surface area is 128 Å². The molecule has 1 amide bonds. The number of ether oxygens (including phenoxy) is 1. The normalized spacial score (nSPS) is 10.0. The highest BCUT2D eigenvalue weighted by Crippen LogP contribution is 2.29. The number of methoxy groups -OCH3 is 1. The summed E-state index contributed by atoms with van der Waals surface area (Å²) in [5.74, 6) is -0.176. The lowest BCUT2D eigenvalue weighted by Gasteiger charge is -2.09. The molecule has 2 rings (SSSR count). The number of carbonyl (C=O) groups is 1. The number of anilines is 1. The van der Waals surface area contributed by atoms with Crippen molar-refractivity contribution in [3.63, 3.8) is 0 Å². The fourth-order valence-electron chi connectivity index (χ4n) is 1.60. The van der Waals surface area contributed by atoms with Gasteiger partial charge in [-0.25, -0.2) is 4.98 Å². The van der Waals surface area contributed by atoms with Crippen molar-refractivity contribution in [2.24, 2.45) is 0 Å². The minimum atomic E-state index is -0.535. The van der Waals surface area contributed by atoms with Crippen molar-refractivity contribution in [1.82, 2.24) is 4.98 Å². The first-order chi connectivity index (χ1) is 10.0. The van der Waals surface area contributed by atoms with Crippen molar-refractivity contribution in [3.8, 4) is 5.75 Å². The summed E-state index contributed by atoms with van der Waals surface area (Å²) in [6.45, 7) is 0. The van der Waals surface area contributed by atoms with Crippen LogP contribution < -0.4 is 10.1 Å². The first kappa shape index (κ1) is 14.9. The topological polar surface area (TPSA) is 94.4 Å². The molecule has 0 aliphatic carbocycles. The lowest BCUT2D eigenvalue weighted by atomic mass is 10.2. The summed E-state index contributed by atoms with van der Waals surface area (Å²) in [5.41, 5.74) is 0.588. The van der Waals surface area contributed by atoms with Gasteiger partial charge in [-0.15, -0.1) is 0 Å². The van der Waals surface area contributed by atoms with Crippen molar-refractivity contribution in [3.05, 3.63) is 56.8 Å².